The van der Waals surface area contributed by atoms with Gasteiger partial charge in [-0.1, -0.05) is 30.3 Å². The smallest absolute Gasteiger partial charge is 0.354 e. The van der Waals surface area contributed by atoms with Crippen LogP contribution in [0.1, 0.15) is 29.0 Å². The lowest BCUT2D eigenvalue weighted by atomic mass is 10.1. The third-order valence-electron chi connectivity index (χ3n) is 3.32. The molecule has 118 valence electrons. The maximum absolute atomic E-state index is 12.4. The highest BCUT2D eigenvalue weighted by molar-refractivity contribution is 7.89. The second-order valence-electron chi connectivity index (χ2n) is 4.92. The Hall–Kier alpha value is -2.12. The number of hydrogen-bond donors (Lipinski definition) is 1. The number of nitrogens with zero attached hydrogens (tertiary/aromatic N) is 1. The van der Waals surface area contributed by atoms with E-state index in [0.717, 1.165) is 5.56 Å². The van der Waals surface area contributed by atoms with E-state index in [2.05, 4.69) is 9.46 Å². The molecule has 0 aliphatic rings. The van der Waals surface area contributed by atoms with Gasteiger partial charge in [-0.05, 0) is 18.6 Å². The number of methoxy groups -OCH3 is 1. The summed E-state index contributed by atoms with van der Waals surface area (Å²) in [5, 5.41) is 0. The highest BCUT2D eigenvalue weighted by Gasteiger charge is 2.23. The monoisotopic (exact) mass is 322 g/mol. The number of hydrogen-bond acceptors (Lipinski definition) is 4. The minimum absolute atomic E-state index is 0.0261. The van der Waals surface area contributed by atoms with Crippen LogP contribution in [-0.4, -0.2) is 26.1 Å². The fraction of sp³-hybridized carbons (Fsp3) is 0.267. The summed E-state index contributed by atoms with van der Waals surface area (Å²) in [4.78, 5) is 11.6. The maximum Gasteiger partial charge on any atom is 0.354 e. The molecule has 1 aromatic heterocycles. The van der Waals surface area contributed by atoms with Crippen LogP contribution in [0, 0.1) is 0 Å². The van der Waals surface area contributed by atoms with Gasteiger partial charge in [-0.25, -0.2) is 17.9 Å². The summed E-state index contributed by atoms with van der Waals surface area (Å²) < 4.78 is 33.5. The molecule has 1 N–H and O–H groups in total. The first-order chi connectivity index (χ1) is 10.3. The van der Waals surface area contributed by atoms with Crippen molar-refractivity contribution in [3.8, 4) is 0 Å². The van der Waals surface area contributed by atoms with Crippen molar-refractivity contribution in [3.63, 3.8) is 0 Å². The molecule has 0 spiro atoms. The van der Waals surface area contributed by atoms with Crippen LogP contribution in [0.2, 0.25) is 0 Å². The van der Waals surface area contributed by atoms with E-state index in [0.29, 0.717) is 0 Å². The minimum atomic E-state index is -3.73. The van der Waals surface area contributed by atoms with Gasteiger partial charge < -0.3 is 9.30 Å². The van der Waals surface area contributed by atoms with Gasteiger partial charge >= 0.3 is 5.97 Å². The van der Waals surface area contributed by atoms with Crippen molar-refractivity contribution in [2.45, 2.75) is 17.9 Å². The molecule has 0 aliphatic carbocycles. The maximum atomic E-state index is 12.4. The van der Waals surface area contributed by atoms with Crippen LogP contribution in [0.15, 0.2) is 47.5 Å². The van der Waals surface area contributed by atoms with Crippen LogP contribution < -0.4 is 4.72 Å². The molecule has 2 rings (SSSR count). The molecule has 1 atom stereocenters. The normalized spacial score (nSPS) is 12.9. The molecule has 0 radical (unpaired) electrons. The lowest BCUT2D eigenvalue weighted by Crippen LogP contribution is -2.26. The van der Waals surface area contributed by atoms with Gasteiger partial charge in [0.05, 0.1) is 7.11 Å². The zero-order chi connectivity index (χ0) is 16.3. The first kappa shape index (κ1) is 16.3. The topological polar surface area (TPSA) is 77.4 Å². The van der Waals surface area contributed by atoms with Gasteiger partial charge in [0.25, 0.3) is 0 Å². The molecule has 1 heterocycles. The minimum Gasteiger partial charge on any atom is -0.464 e. The number of ether oxygens (including phenoxy) is 1. The van der Waals surface area contributed by atoms with Gasteiger partial charge in [0, 0.05) is 19.3 Å². The van der Waals surface area contributed by atoms with Crippen LogP contribution in [0.3, 0.4) is 0 Å². The Bertz CT molecular complexity index is 766. The number of benzene rings is 1. The number of esters is 1. The highest BCUT2D eigenvalue weighted by Crippen LogP contribution is 2.18. The molecule has 7 heteroatoms. The van der Waals surface area contributed by atoms with Gasteiger partial charge in [-0.15, -0.1) is 0 Å². The summed E-state index contributed by atoms with van der Waals surface area (Å²) >= 11 is 0. The molecule has 0 amide bonds. The summed E-state index contributed by atoms with van der Waals surface area (Å²) in [6, 6.07) is 10.2. The zero-order valence-electron chi connectivity index (χ0n) is 12.6. The Morgan fingerprint density at radius 2 is 1.91 bits per heavy atom. The zero-order valence-corrected chi connectivity index (χ0v) is 13.4. The summed E-state index contributed by atoms with van der Waals surface area (Å²) in [5.41, 5.74) is 1.03. The van der Waals surface area contributed by atoms with E-state index in [4.69, 9.17) is 0 Å². The number of carbonyl (C=O) groups is 1. The largest absolute Gasteiger partial charge is 0.464 e. The molecule has 0 saturated heterocycles. The second kappa shape index (κ2) is 6.33. The fourth-order valence-electron chi connectivity index (χ4n) is 2.10. The second-order valence-corrected chi connectivity index (χ2v) is 6.63. The molecule has 0 fully saturated rings. The van der Waals surface area contributed by atoms with E-state index in [1.165, 1.54) is 23.9 Å². The van der Waals surface area contributed by atoms with E-state index in [1.807, 2.05) is 30.3 Å². The van der Waals surface area contributed by atoms with Gasteiger partial charge in [0.1, 0.15) is 10.6 Å². The van der Waals surface area contributed by atoms with Gasteiger partial charge in [-0.3, -0.25) is 0 Å². The quantitative estimate of drug-likeness (QED) is 0.852. The van der Waals surface area contributed by atoms with E-state index in [-0.39, 0.29) is 16.6 Å². The van der Waals surface area contributed by atoms with Crippen LogP contribution in [0.4, 0.5) is 0 Å². The van der Waals surface area contributed by atoms with Crippen LogP contribution in [0.25, 0.3) is 0 Å². The Balaban J connectivity index is 2.26. The van der Waals surface area contributed by atoms with Crippen LogP contribution >= 0.6 is 0 Å². The van der Waals surface area contributed by atoms with Crippen molar-refractivity contribution in [2.75, 3.05) is 7.11 Å². The third-order valence-corrected chi connectivity index (χ3v) is 4.82. The Morgan fingerprint density at radius 3 is 2.50 bits per heavy atom. The van der Waals surface area contributed by atoms with E-state index in [9.17, 15) is 13.2 Å². The molecular weight excluding hydrogens is 304 g/mol. The van der Waals surface area contributed by atoms with Crippen molar-refractivity contribution < 1.29 is 17.9 Å². The number of nitrogens with one attached hydrogen (secondary N) is 1. The van der Waals surface area contributed by atoms with E-state index >= 15 is 0 Å². The first-order valence-electron chi connectivity index (χ1n) is 6.67. The van der Waals surface area contributed by atoms with Gasteiger partial charge in [0.2, 0.25) is 10.0 Å². The Kier molecular flexibility index (Phi) is 4.68. The molecule has 0 aliphatic heterocycles. The number of carbonyl (C=O) groups excluding carboxylic acids is 1. The molecule has 2 aromatic rings. The molecule has 22 heavy (non-hydrogen) atoms. The SMILES string of the molecule is COC(=O)c1cc(S(=O)(=O)N[C@@H](C)c2ccccc2)cn1C. The number of aryl methyl sites for hydroxylation is 1. The van der Waals surface area contributed by atoms with E-state index < -0.39 is 16.0 Å². The van der Waals surface area contributed by atoms with Crippen LogP contribution in [-0.2, 0) is 21.8 Å². The van der Waals surface area contributed by atoms with Gasteiger partial charge in [-0.2, -0.15) is 0 Å². The van der Waals surface area contributed by atoms with Crippen molar-refractivity contribution >= 4 is 16.0 Å². The predicted molar refractivity (Wildman–Crippen MR) is 81.9 cm³/mol. The highest BCUT2D eigenvalue weighted by atomic mass is 32.2. The van der Waals surface area contributed by atoms with Crippen LogP contribution in [0.5, 0.6) is 0 Å². The summed E-state index contributed by atoms with van der Waals surface area (Å²) in [6.07, 6.45) is 1.38. The molecule has 0 saturated carbocycles. The average Bonchev–Trinajstić information content (AvgIpc) is 2.90. The predicted octanol–water partition coefficient (Wildman–Crippen LogP) is 1.85. The number of sulfonamides is 1. The number of aromatic nitrogens is 1. The van der Waals surface area contributed by atoms with Gasteiger partial charge in [0.15, 0.2) is 0 Å². The van der Waals surface area contributed by atoms with Crippen molar-refractivity contribution in [3.05, 3.63) is 53.9 Å². The molecule has 1 aromatic carbocycles. The summed E-state index contributed by atoms with van der Waals surface area (Å²) in [7, 11) is -0.891. The molecule has 6 nitrogen and oxygen atoms in total. The Morgan fingerprint density at radius 1 is 1.27 bits per heavy atom. The van der Waals surface area contributed by atoms with Crippen molar-refractivity contribution in [2.24, 2.45) is 7.05 Å². The summed E-state index contributed by atoms with van der Waals surface area (Å²) in [5.74, 6) is -0.583. The standard InChI is InChI=1S/C15H18N2O4S/c1-11(12-7-5-4-6-8-12)16-22(19,20)13-9-14(15(18)21-3)17(2)10-13/h4-11,16H,1-3H3/t11-/m0/s1. The van der Waals surface area contributed by atoms with Crippen molar-refractivity contribution in [1.82, 2.24) is 9.29 Å². The fourth-order valence-corrected chi connectivity index (χ4v) is 3.40. The molecular formula is C15H18N2O4S. The third kappa shape index (κ3) is 3.37. The number of rotatable bonds is 5. The molecule has 0 unspecified atom stereocenters. The average molecular weight is 322 g/mol. The lowest BCUT2D eigenvalue weighted by Gasteiger charge is -2.13. The Labute approximate surface area is 129 Å². The lowest BCUT2D eigenvalue weighted by molar-refractivity contribution is 0.0590. The van der Waals surface area contributed by atoms with Crippen molar-refractivity contribution in [1.29, 1.82) is 0 Å². The molecule has 0 bridgehead atoms. The summed E-state index contributed by atoms with van der Waals surface area (Å²) in [6.45, 7) is 1.76. The first-order valence-corrected chi connectivity index (χ1v) is 8.15. The van der Waals surface area contributed by atoms with E-state index in [1.54, 1.807) is 14.0 Å².